The molecular formula is C10H19NO4. The Bertz CT molecular complexity index is 217. The van der Waals surface area contributed by atoms with Crippen LogP contribution in [0.4, 0.5) is 0 Å². The summed E-state index contributed by atoms with van der Waals surface area (Å²) in [5, 5.41) is 8.60. The van der Waals surface area contributed by atoms with Crippen LogP contribution < -0.4 is 5.73 Å². The number of hydrogen-bond donors (Lipinski definition) is 2. The zero-order chi connectivity index (χ0) is 11.8. The molecule has 1 unspecified atom stereocenters. The molecule has 0 bridgehead atoms. The molecule has 88 valence electrons. The van der Waals surface area contributed by atoms with Crippen LogP contribution in [0.3, 0.4) is 0 Å². The number of carbonyl (C=O) groups is 2. The lowest BCUT2D eigenvalue weighted by Gasteiger charge is -2.14. The molecule has 0 radical (unpaired) electrons. The Morgan fingerprint density at radius 3 is 2.53 bits per heavy atom. The average molecular weight is 217 g/mol. The molecule has 0 fully saturated rings. The zero-order valence-electron chi connectivity index (χ0n) is 9.23. The van der Waals surface area contributed by atoms with Crippen molar-refractivity contribution in [2.24, 2.45) is 11.7 Å². The quantitative estimate of drug-likeness (QED) is 0.485. The Morgan fingerprint density at radius 2 is 2.07 bits per heavy atom. The van der Waals surface area contributed by atoms with Crippen LogP contribution in [-0.2, 0) is 14.3 Å². The molecule has 0 aliphatic carbocycles. The highest BCUT2D eigenvalue weighted by Crippen LogP contribution is 2.08. The van der Waals surface area contributed by atoms with Crippen molar-refractivity contribution in [3.8, 4) is 0 Å². The minimum Gasteiger partial charge on any atom is -0.480 e. The third-order valence-electron chi connectivity index (χ3n) is 2.15. The molecule has 0 aliphatic heterocycles. The predicted molar refractivity (Wildman–Crippen MR) is 55.3 cm³/mol. The monoisotopic (exact) mass is 217 g/mol. The van der Waals surface area contributed by atoms with Gasteiger partial charge in [-0.3, -0.25) is 9.59 Å². The molecule has 0 aromatic rings. The molecular weight excluding hydrogens is 198 g/mol. The van der Waals surface area contributed by atoms with Crippen molar-refractivity contribution in [1.82, 2.24) is 0 Å². The Labute approximate surface area is 89.6 Å². The Balaban J connectivity index is 3.80. The summed E-state index contributed by atoms with van der Waals surface area (Å²) >= 11 is 0. The molecule has 3 N–H and O–H groups in total. The van der Waals surface area contributed by atoms with Crippen LogP contribution in [0.1, 0.15) is 33.1 Å². The van der Waals surface area contributed by atoms with Gasteiger partial charge in [-0.25, -0.2) is 0 Å². The van der Waals surface area contributed by atoms with E-state index in [0.29, 0.717) is 6.61 Å². The number of aliphatic carboxylic acids is 1. The lowest BCUT2D eigenvalue weighted by molar-refractivity contribution is -0.146. The lowest BCUT2D eigenvalue weighted by Crippen LogP contribution is -2.37. The SMILES string of the molecule is CCCCOC(=O)CC(C)[C@H](N)C(=O)O. The molecule has 5 nitrogen and oxygen atoms in total. The number of unbranched alkanes of at least 4 members (excludes halogenated alkanes) is 1. The fourth-order valence-corrected chi connectivity index (χ4v) is 1.02. The normalized spacial score (nSPS) is 14.3. The molecule has 0 aromatic heterocycles. The standard InChI is InChI=1S/C10H19NO4/c1-3-4-5-15-8(12)6-7(2)9(11)10(13)14/h7,9H,3-6,11H2,1-2H3,(H,13,14)/t7?,9-/m0/s1. The molecule has 5 heteroatoms. The number of nitrogens with two attached hydrogens (primary N) is 1. The third-order valence-corrected chi connectivity index (χ3v) is 2.15. The Kier molecular flexibility index (Phi) is 6.70. The van der Waals surface area contributed by atoms with E-state index in [4.69, 9.17) is 15.6 Å². The summed E-state index contributed by atoms with van der Waals surface area (Å²) in [4.78, 5) is 21.7. The van der Waals surface area contributed by atoms with Gasteiger partial charge in [-0.1, -0.05) is 20.3 Å². The predicted octanol–water partition coefficient (Wildman–Crippen LogP) is 0.768. The van der Waals surface area contributed by atoms with E-state index in [0.717, 1.165) is 12.8 Å². The van der Waals surface area contributed by atoms with Crippen molar-refractivity contribution in [2.75, 3.05) is 6.61 Å². The van der Waals surface area contributed by atoms with E-state index in [1.807, 2.05) is 6.92 Å². The molecule has 0 aromatic carbocycles. The first-order valence-electron chi connectivity index (χ1n) is 5.13. The summed E-state index contributed by atoms with van der Waals surface area (Å²) < 4.78 is 4.90. The molecule has 0 saturated carbocycles. The van der Waals surface area contributed by atoms with Crippen LogP contribution >= 0.6 is 0 Å². The fourth-order valence-electron chi connectivity index (χ4n) is 1.02. The summed E-state index contributed by atoms with van der Waals surface area (Å²) in [7, 11) is 0. The largest absolute Gasteiger partial charge is 0.480 e. The molecule has 0 rings (SSSR count). The van der Waals surface area contributed by atoms with Crippen LogP contribution in [0.15, 0.2) is 0 Å². The van der Waals surface area contributed by atoms with Gasteiger partial charge < -0.3 is 15.6 Å². The van der Waals surface area contributed by atoms with Crippen molar-refractivity contribution in [3.63, 3.8) is 0 Å². The van der Waals surface area contributed by atoms with Crippen LogP contribution in [0, 0.1) is 5.92 Å². The third kappa shape index (κ3) is 6.06. The first kappa shape index (κ1) is 13.9. The van der Waals surface area contributed by atoms with Gasteiger partial charge in [0.2, 0.25) is 0 Å². The van der Waals surface area contributed by atoms with E-state index < -0.39 is 17.9 Å². The highest BCUT2D eigenvalue weighted by atomic mass is 16.5. The number of esters is 1. The van der Waals surface area contributed by atoms with Crippen molar-refractivity contribution >= 4 is 11.9 Å². The van der Waals surface area contributed by atoms with Crippen LogP contribution in [0.25, 0.3) is 0 Å². The van der Waals surface area contributed by atoms with E-state index in [2.05, 4.69) is 0 Å². The van der Waals surface area contributed by atoms with Gasteiger partial charge >= 0.3 is 11.9 Å². The van der Waals surface area contributed by atoms with Crippen molar-refractivity contribution in [3.05, 3.63) is 0 Å². The second-order valence-corrected chi connectivity index (χ2v) is 3.62. The Hall–Kier alpha value is -1.10. The average Bonchev–Trinajstić information content (AvgIpc) is 2.16. The number of hydrogen-bond acceptors (Lipinski definition) is 4. The van der Waals surface area contributed by atoms with Gasteiger partial charge in [-0.2, -0.15) is 0 Å². The number of carboxylic acid groups (broad SMARTS) is 1. The van der Waals surface area contributed by atoms with E-state index in [1.165, 1.54) is 0 Å². The smallest absolute Gasteiger partial charge is 0.320 e. The van der Waals surface area contributed by atoms with E-state index in [9.17, 15) is 9.59 Å². The first-order chi connectivity index (χ1) is 6.99. The van der Waals surface area contributed by atoms with Crippen LogP contribution in [0.5, 0.6) is 0 Å². The maximum atomic E-state index is 11.2. The number of carboxylic acids is 1. The molecule has 0 saturated heterocycles. The van der Waals surface area contributed by atoms with Crippen molar-refractivity contribution in [1.29, 1.82) is 0 Å². The summed E-state index contributed by atoms with van der Waals surface area (Å²) in [6.45, 7) is 4.01. The maximum Gasteiger partial charge on any atom is 0.320 e. The van der Waals surface area contributed by atoms with Crippen LogP contribution in [0.2, 0.25) is 0 Å². The van der Waals surface area contributed by atoms with E-state index in [-0.39, 0.29) is 12.4 Å². The van der Waals surface area contributed by atoms with E-state index >= 15 is 0 Å². The van der Waals surface area contributed by atoms with Gasteiger partial charge in [0.25, 0.3) is 0 Å². The molecule has 0 aliphatic rings. The van der Waals surface area contributed by atoms with Gasteiger partial charge in [-0.15, -0.1) is 0 Å². The lowest BCUT2D eigenvalue weighted by atomic mass is 9.99. The van der Waals surface area contributed by atoms with E-state index in [1.54, 1.807) is 6.92 Å². The molecule has 2 atom stereocenters. The number of carbonyl (C=O) groups excluding carboxylic acids is 1. The number of ether oxygens (including phenoxy) is 1. The second-order valence-electron chi connectivity index (χ2n) is 3.62. The molecule has 0 amide bonds. The topological polar surface area (TPSA) is 89.6 Å². The molecule has 0 heterocycles. The summed E-state index contributed by atoms with van der Waals surface area (Å²) in [6.07, 6.45) is 1.83. The van der Waals surface area contributed by atoms with Gasteiger partial charge in [0.15, 0.2) is 0 Å². The van der Waals surface area contributed by atoms with Gasteiger partial charge in [-0.05, 0) is 12.3 Å². The first-order valence-corrected chi connectivity index (χ1v) is 5.13. The van der Waals surface area contributed by atoms with Gasteiger partial charge in [0.05, 0.1) is 13.0 Å². The van der Waals surface area contributed by atoms with Crippen molar-refractivity contribution in [2.45, 2.75) is 39.2 Å². The molecule has 15 heavy (non-hydrogen) atoms. The van der Waals surface area contributed by atoms with Crippen molar-refractivity contribution < 1.29 is 19.4 Å². The number of rotatable bonds is 7. The van der Waals surface area contributed by atoms with Gasteiger partial charge in [0, 0.05) is 0 Å². The summed E-state index contributed by atoms with van der Waals surface area (Å²) in [5.41, 5.74) is 5.36. The highest BCUT2D eigenvalue weighted by Gasteiger charge is 2.22. The van der Waals surface area contributed by atoms with Gasteiger partial charge in [0.1, 0.15) is 6.04 Å². The summed E-state index contributed by atoms with van der Waals surface area (Å²) in [6, 6.07) is -1.01. The highest BCUT2D eigenvalue weighted by molar-refractivity contribution is 5.75. The Morgan fingerprint density at radius 1 is 1.47 bits per heavy atom. The molecule has 0 spiro atoms. The summed E-state index contributed by atoms with van der Waals surface area (Å²) in [5.74, 6) is -1.88. The minimum absolute atomic E-state index is 0.0528. The zero-order valence-corrected chi connectivity index (χ0v) is 9.23. The maximum absolute atomic E-state index is 11.2. The minimum atomic E-state index is -1.09. The van der Waals surface area contributed by atoms with Crippen LogP contribution in [-0.4, -0.2) is 29.7 Å². The fraction of sp³-hybridized carbons (Fsp3) is 0.800. The second kappa shape index (κ2) is 7.23.